The number of nitrogens with one attached hydrogen (secondary N) is 1. The standard InChI is InChI=1S/C14H12FNO2.C6H13N.C5H6N2.C2H6.CH3F.CH5N/c1-9-2-4-11(5-3-9)16-13-6-10(15)7-14(18)12(13)8-17;1-6-4-3-5-7(6)2;1-2-7-4-3-6-5-7;3*1-2/h2-8,16,18H,1H3;6H,3-5H2,1-2H3;2-5H,1H2;1-2H3;1H3;2H2,1H3/t;6-;;;;/m.0..../s1. The zero-order valence-corrected chi connectivity index (χ0v) is 23.8. The number of anilines is 2. The Morgan fingerprint density at radius 2 is 1.79 bits per heavy atom. The van der Waals surface area contributed by atoms with Crippen LogP contribution in [0.3, 0.4) is 0 Å². The van der Waals surface area contributed by atoms with E-state index in [1.165, 1.54) is 32.5 Å². The van der Waals surface area contributed by atoms with Crippen LogP contribution in [0.25, 0.3) is 6.20 Å². The molecule has 2 heterocycles. The fraction of sp³-hybridized carbons (Fsp3) is 0.379. The second kappa shape index (κ2) is 22.6. The molecule has 0 amide bonds. The van der Waals surface area contributed by atoms with Gasteiger partial charge >= 0.3 is 0 Å². The molecule has 9 heteroatoms. The summed E-state index contributed by atoms with van der Waals surface area (Å²) in [6.07, 6.45) is 10.2. The second-order valence-electron chi connectivity index (χ2n) is 7.66. The molecule has 1 aliphatic rings. The molecule has 1 aromatic heterocycles. The summed E-state index contributed by atoms with van der Waals surface area (Å²) in [6, 6.07) is 10.3. The molecule has 1 saturated heterocycles. The lowest BCUT2D eigenvalue weighted by molar-refractivity contribution is 0.112. The fourth-order valence-corrected chi connectivity index (χ4v) is 3.08. The third-order valence-electron chi connectivity index (χ3n) is 5.19. The first kappa shape index (κ1) is 36.6. The number of alkyl halides is 1. The van der Waals surface area contributed by atoms with Crippen molar-refractivity contribution < 1.29 is 18.7 Å². The summed E-state index contributed by atoms with van der Waals surface area (Å²) in [6.45, 7) is 13.1. The number of aryl methyl sites for hydroxylation is 1. The van der Waals surface area contributed by atoms with Crippen LogP contribution in [0.15, 0.2) is 61.7 Å². The summed E-state index contributed by atoms with van der Waals surface area (Å²) in [7, 11) is 4.19. The highest BCUT2D eigenvalue weighted by atomic mass is 19.1. The van der Waals surface area contributed by atoms with Crippen molar-refractivity contribution in [3.8, 4) is 5.75 Å². The van der Waals surface area contributed by atoms with Gasteiger partial charge in [-0.1, -0.05) is 38.1 Å². The summed E-state index contributed by atoms with van der Waals surface area (Å²) in [5, 5.41) is 12.4. The Labute approximate surface area is 227 Å². The molecule has 0 spiro atoms. The minimum atomic E-state index is -0.604. The average molecular weight is 534 g/mol. The van der Waals surface area contributed by atoms with E-state index < -0.39 is 5.82 Å². The van der Waals surface area contributed by atoms with E-state index in [0.717, 1.165) is 17.7 Å². The van der Waals surface area contributed by atoms with E-state index in [-0.39, 0.29) is 17.0 Å². The second-order valence-corrected chi connectivity index (χ2v) is 7.66. The van der Waals surface area contributed by atoms with Crippen LogP contribution >= 0.6 is 0 Å². The zero-order chi connectivity index (χ0) is 29.5. The quantitative estimate of drug-likeness (QED) is 0.324. The number of benzene rings is 2. The molecule has 0 radical (unpaired) electrons. The van der Waals surface area contributed by atoms with Crippen LogP contribution < -0.4 is 11.1 Å². The number of aromatic nitrogens is 2. The minimum absolute atomic E-state index is 0.0389. The molecule has 2 aromatic carbocycles. The third kappa shape index (κ3) is 14.2. The van der Waals surface area contributed by atoms with E-state index >= 15 is 0 Å². The van der Waals surface area contributed by atoms with Gasteiger partial charge in [-0.05, 0) is 65.5 Å². The van der Waals surface area contributed by atoms with Gasteiger partial charge in [-0.15, -0.1) is 0 Å². The fourth-order valence-electron chi connectivity index (χ4n) is 3.08. The largest absolute Gasteiger partial charge is 0.507 e. The number of aromatic hydroxyl groups is 1. The molecule has 1 atom stereocenters. The van der Waals surface area contributed by atoms with Crippen molar-refractivity contribution in [1.29, 1.82) is 0 Å². The van der Waals surface area contributed by atoms with E-state index in [0.29, 0.717) is 19.2 Å². The normalized spacial score (nSPS) is 13.2. The van der Waals surface area contributed by atoms with E-state index in [1.807, 2.05) is 51.2 Å². The molecule has 0 bridgehead atoms. The number of nitrogens with zero attached hydrogens (tertiary/aromatic N) is 3. The number of nitrogens with two attached hydrogens (primary N) is 1. The number of carbonyl (C=O) groups is 1. The Hall–Kier alpha value is -3.56. The van der Waals surface area contributed by atoms with Crippen LogP contribution in [0.4, 0.5) is 20.2 Å². The number of aldehydes is 1. The monoisotopic (exact) mass is 533 g/mol. The van der Waals surface area contributed by atoms with E-state index in [4.69, 9.17) is 0 Å². The molecular weight excluding hydrogens is 488 g/mol. The van der Waals surface area contributed by atoms with Gasteiger partial charge in [0.25, 0.3) is 0 Å². The maximum absolute atomic E-state index is 13.2. The topological polar surface area (TPSA) is 96.4 Å². The minimum Gasteiger partial charge on any atom is -0.507 e. The highest BCUT2D eigenvalue weighted by Crippen LogP contribution is 2.28. The lowest BCUT2D eigenvalue weighted by atomic mass is 10.1. The summed E-state index contributed by atoms with van der Waals surface area (Å²) in [5.74, 6) is -0.979. The molecule has 0 aliphatic carbocycles. The Morgan fingerprint density at radius 3 is 2.16 bits per heavy atom. The summed E-state index contributed by atoms with van der Waals surface area (Å²) >= 11 is 0. The maximum Gasteiger partial charge on any atom is 0.155 e. The van der Waals surface area contributed by atoms with Crippen molar-refractivity contribution in [2.45, 2.75) is 46.6 Å². The molecule has 0 saturated carbocycles. The maximum atomic E-state index is 13.2. The highest BCUT2D eigenvalue weighted by Gasteiger charge is 2.14. The first-order chi connectivity index (χ1) is 18.3. The van der Waals surface area contributed by atoms with Crippen molar-refractivity contribution in [3.05, 3.63) is 78.6 Å². The van der Waals surface area contributed by atoms with Gasteiger partial charge in [0.2, 0.25) is 0 Å². The Bertz CT molecular complexity index is 989. The van der Waals surface area contributed by atoms with Gasteiger partial charge in [0.05, 0.1) is 24.8 Å². The summed E-state index contributed by atoms with van der Waals surface area (Å²) in [5.41, 5.74) is 6.59. The van der Waals surface area contributed by atoms with Crippen LogP contribution in [0.2, 0.25) is 0 Å². The molecule has 7 nitrogen and oxygen atoms in total. The van der Waals surface area contributed by atoms with Gasteiger partial charge in [0, 0.05) is 36.4 Å². The SMILES string of the molecule is C=Cn1ccnc1.CC.CF.CN.C[C@H]1CCCN1C.Cc1ccc(Nc2cc(F)cc(O)c2C=O)cc1. The van der Waals surface area contributed by atoms with Crippen molar-refractivity contribution in [2.75, 3.05) is 33.1 Å². The first-order valence-corrected chi connectivity index (χ1v) is 12.4. The summed E-state index contributed by atoms with van der Waals surface area (Å²) < 4.78 is 24.5. The van der Waals surface area contributed by atoms with Gasteiger partial charge in [-0.25, -0.2) is 9.37 Å². The molecule has 38 heavy (non-hydrogen) atoms. The number of rotatable bonds is 4. The number of phenols is 1. The smallest absolute Gasteiger partial charge is 0.155 e. The molecule has 0 unspecified atom stereocenters. The lowest BCUT2D eigenvalue weighted by Gasteiger charge is -2.12. The number of imidazole rings is 1. The van der Waals surface area contributed by atoms with Gasteiger partial charge in [-0.3, -0.25) is 9.18 Å². The number of likely N-dealkylation sites (tertiary alicyclic amines) is 1. The molecule has 1 fully saturated rings. The van der Waals surface area contributed by atoms with Crippen LogP contribution in [-0.4, -0.2) is 59.7 Å². The van der Waals surface area contributed by atoms with Crippen LogP contribution in [-0.2, 0) is 0 Å². The van der Waals surface area contributed by atoms with Gasteiger partial charge < -0.3 is 25.6 Å². The van der Waals surface area contributed by atoms with Crippen LogP contribution in [0.5, 0.6) is 5.75 Å². The van der Waals surface area contributed by atoms with E-state index in [1.54, 1.807) is 23.3 Å². The average Bonchev–Trinajstić information content (AvgIpc) is 3.61. The zero-order valence-electron chi connectivity index (χ0n) is 23.8. The number of phenolic OH excluding ortho intramolecular Hbond substituents is 1. The molecular formula is C29H45F2N5O2. The number of hydrogen-bond donors (Lipinski definition) is 3. The van der Waals surface area contributed by atoms with Gasteiger partial charge in [0.15, 0.2) is 6.29 Å². The third-order valence-corrected chi connectivity index (χ3v) is 5.19. The van der Waals surface area contributed by atoms with Crippen molar-refractivity contribution in [3.63, 3.8) is 0 Å². The summed E-state index contributed by atoms with van der Waals surface area (Å²) in [4.78, 5) is 17.1. The molecule has 3 aromatic rings. The van der Waals surface area contributed by atoms with E-state index in [9.17, 15) is 18.7 Å². The van der Waals surface area contributed by atoms with Crippen LogP contribution in [0.1, 0.15) is 49.5 Å². The Morgan fingerprint density at radius 1 is 1.18 bits per heavy atom. The molecule has 1 aliphatic heterocycles. The Balaban J connectivity index is 0. The van der Waals surface area contributed by atoms with E-state index in [2.05, 4.69) is 41.5 Å². The van der Waals surface area contributed by atoms with Crippen molar-refractivity contribution >= 4 is 23.9 Å². The Kier molecular flexibility index (Phi) is 21.8. The van der Waals surface area contributed by atoms with Crippen LogP contribution in [0, 0.1) is 12.7 Å². The number of hydrogen-bond acceptors (Lipinski definition) is 6. The first-order valence-electron chi connectivity index (χ1n) is 12.4. The molecule has 4 rings (SSSR count). The molecule has 212 valence electrons. The molecule has 4 N–H and O–H groups in total. The highest BCUT2D eigenvalue weighted by molar-refractivity contribution is 5.89. The number of carbonyl (C=O) groups excluding carboxylic acids is 1. The lowest BCUT2D eigenvalue weighted by Crippen LogP contribution is -2.20. The predicted molar refractivity (Wildman–Crippen MR) is 156 cm³/mol. The van der Waals surface area contributed by atoms with Crippen molar-refractivity contribution in [2.24, 2.45) is 5.73 Å². The van der Waals surface area contributed by atoms with Gasteiger partial charge in [0.1, 0.15) is 11.6 Å². The predicted octanol–water partition coefficient (Wildman–Crippen LogP) is 6.67. The van der Waals surface area contributed by atoms with Gasteiger partial charge in [-0.2, -0.15) is 0 Å². The number of halogens is 2. The van der Waals surface area contributed by atoms with Crippen molar-refractivity contribution in [1.82, 2.24) is 14.5 Å².